The molecule has 2 N–H and O–H groups in total. The Kier molecular flexibility index (Phi) is 6.47. The Bertz CT molecular complexity index is 1410. The zero-order valence-corrected chi connectivity index (χ0v) is 22.8. The second-order valence-corrected chi connectivity index (χ2v) is 12.2. The second-order valence-electron chi connectivity index (χ2n) is 12.2. The molecule has 2 aliphatic carbocycles. The Morgan fingerprint density at radius 3 is 2.38 bits per heavy atom. The molecule has 2 amide bonds. The summed E-state index contributed by atoms with van der Waals surface area (Å²) in [4.78, 5) is 43.5. The first-order chi connectivity index (χ1) is 19.0. The summed E-state index contributed by atoms with van der Waals surface area (Å²) in [7, 11) is 2.06. The number of fused-ring (bicyclic) bond motifs is 1. The number of hydrogen-bond acceptors (Lipinski definition) is 5. The van der Waals surface area contributed by atoms with Crippen LogP contribution in [0.4, 0.5) is 18.9 Å². The first-order valence-electron chi connectivity index (χ1n) is 13.8. The van der Waals surface area contributed by atoms with Gasteiger partial charge in [0.1, 0.15) is 5.82 Å². The van der Waals surface area contributed by atoms with Gasteiger partial charge in [-0.25, -0.2) is 13.2 Å². The highest BCUT2D eigenvalue weighted by Gasteiger charge is 2.55. The van der Waals surface area contributed by atoms with E-state index in [1.807, 2.05) is 6.92 Å². The summed E-state index contributed by atoms with van der Waals surface area (Å²) in [5, 5.41) is 6.15. The van der Waals surface area contributed by atoms with Gasteiger partial charge in [0, 0.05) is 56.0 Å². The maximum atomic E-state index is 14.8. The fraction of sp³-hybridized carbons (Fsp3) is 0.552. The van der Waals surface area contributed by atoms with E-state index in [1.165, 1.54) is 35.9 Å². The number of rotatable bonds is 8. The number of carbonyl (C=O) groups excluding carboxylic acids is 2. The number of benzene rings is 1. The van der Waals surface area contributed by atoms with Crippen molar-refractivity contribution in [2.24, 2.45) is 17.8 Å². The molecular weight excluding hydrogens is 523 g/mol. The van der Waals surface area contributed by atoms with E-state index in [4.69, 9.17) is 0 Å². The molecule has 0 unspecified atom stereocenters. The summed E-state index contributed by atoms with van der Waals surface area (Å²) in [6.07, 6.45) is 0.333. The van der Waals surface area contributed by atoms with Crippen LogP contribution >= 0.6 is 0 Å². The second kappa shape index (κ2) is 9.64. The zero-order chi connectivity index (χ0) is 28.5. The average Bonchev–Trinajstić information content (AvgIpc) is 3.79. The monoisotopic (exact) mass is 557 g/mol. The van der Waals surface area contributed by atoms with Crippen molar-refractivity contribution in [2.45, 2.75) is 50.7 Å². The molecule has 4 fully saturated rings. The predicted molar refractivity (Wildman–Crippen MR) is 143 cm³/mol. The van der Waals surface area contributed by atoms with Crippen molar-refractivity contribution in [1.29, 1.82) is 0 Å². The van der Waals surface area contributed by atoms with Crippen LogP contribution in [0, 0.1) is 23.6 Å². The first kappa shape index (κ1) is 26.9. The van der Waals surface area contributed by atoms with Gasteiger partial charge in [-0.1, -0.05) is 18.2 Å². The summed E-state index contributed by atoms with van der Waals surface area (Å²) in [6, 6.07) is 4.39. The van der Waals surface area contributed by atoms with Crippen LogP contribution in [0.1, 0.15) is 60.6 Å². The summed E-state index contributed by atoms with van der Waals surface area (Å²) < 4.78 is 42.8. The molecule has 0 bridgehead atoms. The molecule has 4 atom stereocenters. The minimum atomic E-state index is -2.98. The van der Waals surface area contributed by atoms with E-state index in [9.17, 15) is 27.6 Å². The van der Waals surface area contributed by atoms with Gasteiger partial charge in [0.25, 0.3) is 17.9 Å². The normalized spacial score (nSPS) is 25.8. The summed E-state index contributed by atoms with van der Waals surface area (Å²) in [5.74, 6) is -0.557. The van der Waals surface area contributed by atoms with E-state index in [2.05, 4.69) is 22.6 Å². The Morgan fingerprint density at radius 2 is 1.75 bits per heavy atom. The molecular formula is C29H34F3N5O3. The number of carbonyl (C=O) groups is 2. The van der Waals surface area contributed by atoms with Gasteiger partial charge < -0.3 is 25.0 Å². The standard InChI is InChI=1S/C29H34F3N5O3/c1-15(17-5-4-6-18(24(17)30)26(31)32)33-27(39)21-12-37(29(2)13-36(14-29)28(40)16-7-8-16)23(38)9-22(21)34-25-19-10-35(3)11-20(19)25/h4-6,9,12,15-16,19-20,25-26,34H,7-8,10-11,13-14H2,1-3H3,(H,33,39)/t15-,19-,20+,25+/m1/s1. The highest BCUT2D eigenvalue weighted by molar-refractivity contribution is 5.99. The molecule has 4 aliphatic rings. The average molecular weight is 558 g/mol. The maximum Gasteiger partial charge on any atom is 0.266 e. The molecule has 0 radical (unpaired) electrons. The van der Waals surface area contributed by atoms with Crippen LogP contribution in [0.5, 0.6) is 0 Å². The summed E-state index contributed by atoms with van der Waals surface area (Å²) >= 11 is 0. The molecule has 8 nitrogen and oxygen atoms in total. The van der Waals surface area contributed by atoms with Crippen LogP contribution in [0.15, 0.2) is 35.3 Å². The van der Waals surface area contributed by atoms with Crippen LogP contribution in [-0.2, 0) is 10.3 Å². The Labute approximate surface area is 230 Å². The molecule has 2 saturated carbocycles. The number of aromatic nitrogens is 1. The van der Waals surface area contributed by atoms with Crippen molar-refractivity contribution < 1.29 is 22.8 Å². The summed E-state index contributed by atoms with van der Waals surface area (Å²) in [6.45, 7) is 6.02. The van der Waals surface area contributed by atoms with Crippen molar-refractivity contribution in [3.63, 3.8) is 0 Å². The highest BCUT2D eigenvalue weighted by atomic mass is 19.3. The largest absolute Gasteiger partial charge is 0.381 e. The predicted octanol–water partition coefficient (Wildman–Crippen LogP) is 3.36. The number of amides is 2. The van der Waals surface area contributed by atoms with E-state index in [0.717, 1.165) is 32.0 Å². The number of piperidine rings is 1. The van der Waals surface area contributed by atoms with Gasteiger partial charge in [-0.15, -0.1) is 0 Å². The van der Waals surface area contributed by atoms with Crippen LogP contribution in [-0.4, -0.2) is 65.4 Å². The fourth-order valence-electron chi connectivity index (χ4n) is 6.48. The van der Waals surface area contributed by atoms with E-state index in [0.29, 0.717) is 30.6 Å². The minimum Gasteiger partial charge on any atom is -0.381 e. The number of pyridine rings is 1. The molecule has 1 aromatic carbocycles. The Balaban J connectivity index is 1.28. The molecule has 2 aliphatic heterocycles. The molecule has 0 spiro atoms. The molecule has 40 heavy (non-hydrogen) atoms. The van der Waals surface area contributed by atoms with E-state index < -0.39 is 35.3 Å². The fourth-order valence-corrected chi connectivity index (χ4v) is 6.48. The first-order valence-corrected chi connectivity index (χ1v) is 13.8. The maximum absolute atomic E-state index is 14.8. The van der Waals surface area contributed by atoms with Crippen molar-refractivity contribution in [1.82, 2.24) is 19.7 Å². The molecule has 11 heteroatoms. The van der Waals surface area contributed by atoms with Crippen LogP contribution < -0.4 is 16.2 Å². The third-order valence-electron chi connectivity index (χ3n) is 8.99. The third-order valence-corrected chi connectivity index (χ3v) is 8.99. The quantitative estimate of drug-likeness (QED) is 0.520. The number of anilines is 1. The lowest BCUT2D eigenvalue weighted by atomic mass is 9.90. The van der Waals surface area contributed by atoms with Crippen molar-refractivity contribution in [3.8, 4) is 0 Å². The van der Waals surface area contributed by atoms with Gasteiger partial charge >= 0.3 is 0 Å². The van der Waals surface area contributed by atoms with Crippen LogP contribution in [0.3, 0.4) is 0 Å². The topological polar surface area (TPSA) is 86.7 Å². The number of hydrogen-bond donors (Lipinski definition) is 2. The van der Waals surface area contributed by atoms with E-state index in [-0.39, 0.29) is 34.6 Å². The molecule has 1 aromatic heterocycles. The van der Waals surface area contributed by atoms with Crippen LogP contribution in [0.2, 0.25) is 0 Å². The van der Waals surface area contributed by atoms with Gasteiger partial charge in [0.15, 0.2) is 0 Å². The number of nitrogens with one attached hydrogen (secondary N) is 2. The van der Waals surface area contributed by atoms with Gasteiger partial charge in [-0.05, 0) is 45.6 Å². The molecule has 214 valence electrons. The van der Waals surface area contributed by atoms with Crippen molar-refractivity contribution in [3.05, 3.63) is 63.3 Å². The third kappa shape index (κ3) is 4.67. The van der Waals surface area contributed by atoms with Gasteiger partial charge in [0.05, 0.1) is 28.4 Å². The van der Waals surface area contributed by atoms with Crippen molar-refractivity contribution in [2.75, 3.05) is 38.5 Å². The minimum absolute atomic E-state index is 0.0473. The lowest BCUT2D eigenvalue weighted by Crippen LogP contribution is -2.65. The molecule has 2 saturated heterocycles. The number of nitrogens with zero attached hydrogens (tertiary/aromatic N) is 3. The Hall–Kier alpha value is -3.34. The van der Waals surface area contributed by atoms with E-state index in [1.54, 1.807) is 4.90 Å². The zero-order valence-electron chi connectivity index (χ0n) is 22.8. The SMILES string of the molecule is C[C@@H](NC(=O)c1cn(C2(C)CN(C(=O)C3CC3)C2)c(=O)cc1N[C@H]1[C@@H]2CN(C)C[C@@H]21)c1cccc(C(F)F)c1F. The molecule has 3 heterocycles. The summed E-state index contributed by atoms with van der Waals surface area (Å²) in [5.41, 5.74) is -1.12. The van der Waals surface area contributed by atoms with Gasteiger partial charge in [-0.3, -0.25) is 14.4 Å². The van der Waals surface area contributed by atoms with Crippen LogP contribution in [0.25, 0.3) is 0 Å². The van der Waals surface area contributed by atoms with Gasteiger partial charge in [-0.2, -0.15) is 0 Å². The smallest absolute Gasteiger partial charge is 0.266 e. The number of alkyl halides is 2. The highest BCUT2D eigenvalue weighted by Crippen LogP contribution is 2.47. The lowest BCUT2D eigenvalue weighted by molar-refractivity contribution is -0.142. The Morgan fingerprint density at radius 1 is 1.10 bits per heavy atom. The van der Waals surface area contributed by atoms with E-state index >= 15 is 0 Å². The van der Waals surface area contributed by atoms with Crippen molar-refractivity contribution >= 4 is 17.5 Å². The lowest BCUT2D eigenvalue weighted by Gasteiger charge is -2.49. The number of halogens is 3. The van der Waals surface area contributed by atoms with Gasteiger partial charge in [0.2, 0.25) is 5.91 Å². The molecule has 6 rings (SSSR count). The number of likely N-dealkylation sites (tertiary alicyclic amines) is 2. The molecule has 2 aromatic rings.